The van der Waals surface area contributed by atoms with Gasteiger partial charge in [-0.05, 0) is 46.6 Å². The molecule has 2 aliphatic rings. The van der Waals surface area contributed by atoms with Gasteiger partial charge in [-0.2, -0.15) is 0 Å². The number of aromatic carboxylic acids is 1. The highest BCUT2D eigenvalue weighted by molar-refractivity contribution is 5.99. The van der Waals surface area contributed by atoms with E-state index in [0.717, 1.165) is 0 Å². The number of aryl methyl sites for hydroxylation is 1. The predicted octanol–water partition coefficient (Wildman–Crippen LogP) is 2.49. The predicted molar refractivity (Wildman–Crippen MR) is 102 cm³/mol. The molecule has 2 aliphatic heterocycles. The van der Waals surface area contributed by atoms with Crippen molar-refractivity contribution in [3.63, 3.8) is 0 Å². The summed E-state index contributed by atoms with van der Waals surface area (Å²) in [4.78, 5) is 44.4. The molecule has 8 nitrogen and oxygen atoms in total. The smallest absolute Gasteiger partial charge is 0.410 e. The van der Waals surface area contributed by atoms with Crippen LogP contribution in [-0.4, -0.2) is 69.1 Å². The van der Waals surface area contributed by atoms with E-state index in [1.54, 1.807) is 16.7 Å². The molecule has 1 fully saturated rings. The van der Waals surface area contributed by atoms with Crippen molar-refractivity contribution in [2.45, 2.75) is 58.6 Å². The highest BCUT2D eigenvalue weighted by Gasteiger charge is 2.35. The lowest BCUT2D eigenvalue weighted by atomic mass is 9.96. The molecule has 1 aromatic heterocycles. The molecule has 0 saturated carbocycles. The number of hydrogen-bond acceptors (Lipinski definition) is 5. The van der Waals surface area contributed by atoms with Gasteiger partial charge in [0.05, 0.1) is 22.5 Å². The summed E-state index contributed by atoms with van der Waals surface area (Å²) in [6.45, 7) is 8.77. The lowest BCUT2D eigenvalue weighted by Gasteiger charge is -2.40. The SMILES string of the molecule is Cc1nc2c(cc1C(=O)O)C(=O)N(C1CCN(C(=O)OC(C)(C)C)CC1)CC2. The minimum Gasteiger partial charge on any atom is -0.478 e. The van der Waals surface area contributed by atoms with E-state index in [9.17, 15) is 19.5 Å². The van der Waals surface area contributed by atoms with Crippen LogP contribution in [0.2, 0.25) is 0 Å². The molecule has 152 valence electrons. The number of pyridine rings is 1. The lowest BCUT2D eigenvalue weighted by molar-refractivity contribution is 0.0144. The summed E-state index contributed by atoms with van der Waals surface area (Å²) >= 11 is 0. The first-order valence-corrected chi connectivity index (χ1v) is 9.59. The van der Waals surface area contributed by atoms with Gasteiger partial charge in [-0.3, -0.25) is 9.78 Å². The van der Waals surface area contributed by atoms with E-state index >= 15 is 0 Å². The number of carbonyl (C=O) groups excluding carboxylic acids is 2. The van der Waals surface area contributed by atoms with Crippen molar-refractivity contribution in [3.05, 3.63) is 28.6 Å². The van der Waals surface area contributed by atoms with Crippen molar-refractivity contribution in [1.29, 1.82) is 0 Å². The maximum atomic E-state index is 13.0. The van der Waals surface area contributed by atoms with Crippen molar-refractivity contribution < 1.29 is 24.2 Å². The molecule has 0 aromatic carbocycles. The molecule has 1 saturated heterocycles. The average Bonchev–Trinajstić information content (AvgIpc) is 2.60. The molecule has 8 heteroatoms. The second-order valence-electron chi connectivity index (χ2n) is 8.37. The largest absolute Gasteiger partial charge is 0.478 e. The number of hydrogen-bond donors (Lipinski definition) is 1. The van der Waals surface area contributed by atoms with E-state index in [0.29, 0.717) is 55.8 Å². The first kappa shape index (κ1) is 20.1. The Labute approximate surface area is 164 Å². The Bertz CT molecular complexity index is 807. The van der Waals surface area contributed by atoms with Gasteiger partial charge in [0.2, 0.25) is 0 Å². The summed E-state index contributed by atoms with van der Waals surface area (Å²) in [6.07, 6.45) is 1.62. The zero-order chi connectivity index (χ0) is 20.6. The standard InChI is InChI=1S/C20H27N3O5/c1-12-14(18(25)26)11-15-16(21-12)7-10-23(17(15)24)13-5-8-22(9-6-13)19(27)28-20(2,3)4/h11,13H,5-10H2,1-4H3,(H,25,26). The van der Waals surface area contributed by atoms with Crippen LogP contribution in [0.4, 0.5) is 4.79 Å². The fraction of sp³-hybridized carbons (Fsp3) is 0.600. The molecule has 2 amide bonds. The average molecular weight is 389 g/mol. The zero-order valence-electron chi connectivity index (χ0n) is 16.8. The maximum Gasteiger partial charge on any atom is 0.410 e. The fourth-order valence-corrected chi connectivity index (χ4v) is 3.76. The van der Waals surface area contributed by atoms with Crippen LogP contribution in [0.3, 0.4) is 0 Å². The minimum atomic E-state index is -1.08. The Hall–Kier alpha value is -2.64. The number of aromatic nitrogens is 1. The number of rotatable bonds is 2. The maximum absolute atomic E-state index is 13.0. The third-order valence-electron chi connectivity index (χ3n) is 5.16. The van der Waals surface area contributed by atoms with Crippen molar-refractivity contribution in [2.24, 2.45) is 0 Å². The molecule has 0 unspecified atom stereocenters. The third kappa shape index (κ3) is 4.10. The van der Waals surface area contributed by atoms with E-state index in [4.69, 9.17) is 4.74 Å². The first-order valence-electron chi connectivity index (χ1n) is 9.59. The molecule has 1 aromatic rings. The zero-order valence-corrected chi connectivity index (χ0v) is 16.8. The van der Waals surface area contributed by atoms with E-state index in [1.807, 2.05) is 20.8 Å². The Balaban J connectivity index is 1.69. The van der Waals surface area contributed by atoms with Crippen LogP contribution in [0, 0.1) is 6.92 Å². The van der Waals surface area contributed by atoms with Crippen LogP contribution in [0.5, 0.6) is 0 Å². The quantitative estimate of drug-likeness (QED) is 0.834. The van der Waals surface area contributed by atoms with E-state index in [-0.39, 0.29) is 23.6 Å². The van der Waals surface area contributed by atoms with Gasteiger partial charge in [0, 0.05) is 32.1 Å². The Morgan fingerprint density at radius 2 is 1.86 bits per heavy atom. The molecule has 3 heterocycles. The Morgan fingerprint density at radius 1 is 1.21 bits per heavy atom. The summed E-state index contributed by atoms with van der Waals surface area (Å²) in [5.74, 6) is -1.25. The molecule has 0 atom stereocenters. The number of fused-ring (bicyclic) bond motifs is 1. The summed E-state index contributed by atoms with van der Waals surface area (Å²) in [6, 6.07) is 1.47. The second-order valence-corrected chi connectivity index (χ2v) is 8.37. The van der Waals surface area contributed by atoms with Crippen LogP contribution >= 0.6 is 0 Å². The number of likely N-dealkylation sites (tertiary alicyclic amines) is 1. The molecule has 0 aliphatic carbocycles. The minimum absolute atomic E-state index is 0.0221. The molecular formula is C20H27N3O5. The Kier molecular flexibility index (Phi) is 5.32. The molecule has 28 heavy (non-hydrogen) atoms. The molecule has 0 radical (unpaired) electrons. The molecule has 1 N–H and O–H groups in total. The number of piperidine rings is 1. The van der Waals surface area contributed by atoms with Crippen molar-refractivity contribution in [3.8, 4) is 0 Å². The van der Waals surface area contributed by atoms with Gasteiger partial charge >= 0.3 is 12.1 Å². The second kappa shape index (κ2) is 7.41. The van der Waals surface area contributed by atoms with Crippen LogP contribution in [0.1, 0.15) is 65.7 Å². The fourth-order valence-electron chi connectivity index (χ4n) is 3.76. The topological polar surface area (TPSA) is 100 Å². The van der Waals surface area contributed by atoms with Crippen LogP contribution in [0.15, 0.2) is 6.07 Å². The number of ether oxygens (including phenoxy) is 1. The van der Waals surface area contributed by atoms with Gasteiger partial charge in [-0.25, -0.2) is 9.59 Å². The van der Waals surface area contributed by atoms with E-state index in [1.165, 1.54) is 6.07 Å². The monoisotopic (exact) mass is 389 g/mol. The number of amides is 2. The van der Waals surface area contributed by atoms with Crippen LogP contribution in [-0.2, 0) is 11.2 Å². The molecule has 3 rings (SSSR count). The van der Waals surface area contributed by atoms with Crippen LogP contribution < -0.4 is 0 Å². The van der Waals surface area contributed by atoms with Gasteiger partial charge in [0.1, 0.15) is 5.60 Å². The first-order chi connectivity index (χ1) is 13.1. The summed E-state index contributed by atoms with van der Waals surface area (Å²) in [7, 11) is 0. The van der Waals surface area contributed by atoms with Gasteiger partial charge in [0.15, 0.2) is 0 Å². The van der Waals surface area contributed by atoms with Crippen molar-refractivity contribution >= 4 is 18.0 Å². The van der Waals surface area contributed by atoms with Crippen molar-refractivity contribution in [2.75, 3.05) is 19.6 Å². The van der Waals surface area contributed by atoms with E-state index in [2.05, 4.69) is 4.98 Å². The number of carbonyl (C=O) groups is 3. The highest BCUT2D eigenvalue weighted by Crippen LogP contribution is 2.26. The molecular weight excluding hydrogens is 362 g/mol. The normalized spacial score (nSPS) is 18.1. The summed E-state index contributed by atoms with van der Waals surface area (Å²) < 4.78 is 5.41. The van der Waals surface area contributed by atoms with Gasteiger partial charge < -0.3 is 19.6 Å². The summed E-state index contributed by atoms with van der Waals surface area (Å²) in [5, 5.41) is 9.32. The van der Waals surface area contributed by atoms with Gasteiger partial charge in [0.25, 0.3) is 5.91 Å². The number of carboxylic acids is 1. The Morgan fingerprint density at radius 3 is 2.43 bits per heavy atom. The molecule has 0 bridgehead atoms. The number of nitrogens with zero attached hydrogens (tertiary/aromatic N) is 3. The number of carboxylic acid groups (broad SMARTS) is 1. The summed E-state index contributed by atoms with van der Waals surface area (Å²) in [5.41, 5.74) is 0.999. The van der Waals surface area contributed by atoms with Gasteiger partial charge in [-0.1, -0.05) is 0 Å². The van der Waals surface area contributed by atoms with Crippen molar-refractivity contribution in [1.82, 2.24) is 14.8 Å². The molecule has 0 spiro atoms. The highest BCUT2D eigenvalue weighted by atomic mass is 16.6. The van der Waals surface area contributed by atoms with Crippen LogP contribution in [0.25, 0.3) is 0 Å². The van der Waals surface area contributed by atoms with Gasteiger partial charge in [-0.15, -0.1) is 0 Å². The van der Waals surface area contributed by atoms with E-state index < -0.39 is 11.6 Å². The lowest BCUT2D eigenvalue weighted by Crippen LogP contribution is -2.51. The third-order valence-corrected chi connectivity index (χ3v) is 5.16.